The first-order valence-electron chi connectivity index (χ1n) is 27.4. The van der Waals surface area contributed by atoms with E-state index in [4.69, 9.17) is 18.5 Å². The highest BCUT2D eigenvalue weighted by atomic mass is 31.2. The van der Waals surface area contributed by atoms with Gasteiger partial charge in [0.2, 0.25) is 0 Å². The number of quaternary nitrogens is 1. The summed E-state index contributed by atoms with van der Waals surface area (Å²) in [6.07, 6.45) is 52.7. The Morgan fingerprint density at radius 3 is 1.16 bits per heavy atom. The van der Waals surface area contributed by atoms with Gasteiger partial charge in [-0.15, -0.1) is 0 Å². The third kappa shape index (κ3) is 50.2. The summed E-state index contributed by atoms with van der Waals surface area (Å²) in [6, 6.07) is 0. The third-order valence-electron chi connectivity index (χ3n) is 12.3. The summed E-state index contributed by atoms with van der Waals surface area (Å²) in [6.45, 7) is 4.47. The minimum atomic E-state index is -4.38. The molecule has 2 atom stereocenters. The summed E-state index contributed by atoms with van der Waals surface area (Å²) < 4.78 is 34.5. The Morgan fingerprint density at radius 1 is 0.469 bits per heavy atom. The highest BCUT2D eigenvalue weighted by molar-refractivity contribution is 7.47. The van der Waals surface area contributed by atoms with Crippen LogP contribution < -0.4 is 0 Å². The van der Waals surface area contributed by atoms with Crippen molar-refractivity contribution in [3.05, 3.63) is 12.2 Å². The number of nitrogens with zero attached hydrogens (tertiary/aromatic N) is 1. The van der Waals surface area contributed by atoms with Crippen LogP contribution in [0.3, 0.4) is 0 Å². The summed E-state index contributed by atoms with van der Waals surface area (Å²) in [5.74, 6) is -0.786. The predicted octanol–water partition coefficient (Wildman–Crippen LogP) is 16.5. The quantitative estimate of drug-likeness (QED) is 0.0211. The fraction of sp³-hybridized carbons (Fsp3) is 0.926. The molecule has 0 aromatic carbocycles. The van der Waals surface area contributed by atoms with Crippen LogP contribution in [0.15, 0.2) is 12.2 Å². The molecule has 0 aliphatic carbocycles. The molecule has 0 radical (unpaired) electrons. The number of ether oxygens (including phenoxy) is 2. The first kappa shape index (κ1) is 62.8. The summed E-state index contributed by atoms with van der Waals surface area (Å²) in [5, 5.41) is 0. The van der Waals surface area contributed by atoms with Crippen LogP contribution in [-0.4, -0.2) is 74.9 Å². The fourth-order valence-electron chi connectivity index (χ4n) is 8.01. The van der Waals surface area contributed by atoms with Gasteiger partial charge >= 0.3 is 19.8 Å². The van der Waals surface area contributed by atoms with Crippen molar-refractivity contribution in [2.24, 2.45) is 0 Å². The summed E-state index contributed by atoms with van der Waals surface area (Å²) in [4.78, 5) is 35.6. The third-order valence-corrected chi connectivity index (χ3v) is 13.3. The number of hydrogen-bond donors (Lipinski definition) is 1. The maximum atomic E-state index is 12.8. The van der Waals surface area contributed by atoms with E-state index in [2.05, 4.69) is 26.0 Å². The van der Waals surface area contributed by atoms with Crippen molar-refractivity contribution in [3.8, 4) is 0 Å². The number of carbonyl (C=O) groups is 2. The van der Waals surface area contributed by atoms with Crippen molar-refractivity contribution in [2.75, 3.05) is 47.5 Å². The van der Waals surface area contributed by atoms with Crippen molar-refractivity contribution in [1.29, 1.82) is 0 Å². The van der Waals surface area contributed by atoms with Gasteiger partial charge in [-0.25, -0.2) is 4.57 Å². The molecular formula is C54H107NO8P+. The monoisotopic (exact) mass is 929 g/mol. The highest BCUT2D eigenvalue weighted by Gasteiger charge is 2.27. The average Bonchev–Trinajstić information content (AvgIpc) is 3.25. The Labute approximate surface area is 396 Å². The molecule has 0 saturated carbocycles. The second-order valence-corrected chi connectivity index (χ2v) is 21.4. The molecule has 1 unspecified atom stereocenters. The highest BCUT2D eigenvalue weighted by Crippen LogP contribution is 2.43. The topological polar surface area (TPSA) is 108 Å². The lowest BCUT2D eigenvalue weighted by molar-refractivity contribution is -0.870. The SMILES string of the molecule is CCCCCCCC/C=C/CCCCCCCCCC(=O)OC[C@H](COP(=O)(O)OCC[N+](C)(C)C)OC(=O)CCCCCCCCCCCCCCCCCCCCCCCCC. The van der Waals surface area contributed by atoms with Crippen molar-refractivity contribution < 1.29 is 42.1 Å². The van der Waals surface area contributed by atoms with Crippen molar-refractivity contribution in [2.45, 2.75) is 277 Å². The van der Waals surface area contributed by atoms with Gasteiger partial charge in [-0.3, -0.25) is 18.6 Å². The molecule has 0 rings (SSSR count). The Morgan fingerprint density at radius 2 is 0.797 bits per heavy atom. The van der Waals surface area contributed by atoms with Gasteiger partial charge in [-0.05, 0) is 38.5 Å². The van der Waals surface area contributed by atoms with E-state index in [0.29, 0.717) is 17.4 Å². The van der Waals surface area contributed by atoms with Crippen LogP contribution in [0.25, 0.3) is 0 Å². The number of unbranched alkanes of at least 4 members (excludes halogenated alkanes) is 35. The van der Waals surface area contributed by atoms with Gasteiger partial charge in [0.15, 0.2) is 6.10 Å². The molecule has 0 bridgehead atoms. The zero-order valence-electron chi connectivity index (χ0n) is 43.0. The molecule has 0 aromatic heterocycles. The maximum absolute atomic E-state index is 12.8. The number of phosphoric acid groups is 1. The van der Waals surface area contributed by atoms with Crippen LogP contribution >= 0.6 is 7.82 Å². The molecule has 0 fully saturated rings. The summed E-state index contributed by atoms with van der Waals surface area (Å²) >= 11 is 0. The molecule has 0 heterocycles. The molecule has 0 saturated heterocycles. The number of allylic oxidation sites excluding steroid dienone is 2. The molecule has 0 aromatic rings. The maximum Gasteiger partial charge on any atom is 0.472 e. The predicted molar refractivity (Wildman–Crippen MR) is 271 cm³/mol. The largest absolute Gasteiger partial charge is 0.472 e. The van der Waals surface area contributed by atoms with Crippen molar-refractivity contribution >= 4 is 19.8 Å². The van der Waals surface area contributed by atoms with Crippen molar-refractivity contribution in [3.63, 3.8) is 0 Å². The van der Waals surface area contributed by atoms with Gasteiger partial charge in [0.05, 0.1) is 27.7 Å². The lowest BCUT2D eigenvalue weighted by atomic mass is 10.0. The Hall–Kier alpha value is -1.25. The lowest BCUT2D eigenvalue weighted by Gasteiger charge is -2.24. The molecule has 64 heavy (non-hydrogen) atoms. The van der Waals surface area contributed by atoms with Crippen LogP contribution in [0.4, 0.5) is 0 Å². The first-order valence-corrected chi connectivity index (χ1v) is 28.9. The number of phosphoric ester groups is 1. The summed E-state index contributed by atoms with van der Waals surface area (Å²) in [5.41, 5.74) is 0. The van der Waals surface area contributed by atoms with Crippen LogP contribution in [0.2, 0.25) is 0 Å². The zero-order valence-corrected chi connectivity index (χ0v) is 43.9. The van der Waals surface area contributed by atoms with Crippen LogP contribution in [0, 0.1) is 0 Å². The first-order chi connectivity index (χ1) is 31.0. The van der Waals surface area contributed by atoms with E-state index >= 15 is 0 Å². The Bertz CT molecular complexity index is 1100. The Kier molecular flexibility index (Phi) is 45.9. The number of carbonyl (C=O) groups excluding carboxylic acids is 2. The second kappa shape index (κ2) is 46.8. The molecule has 380 valence electrons. The number of likely N-dealkylation sites (N-methyl/N-ethyl adjacent to an activating group) is 1. The smallest absolute Gasteiger partial charge is 0.462 e. The van der Waals surface area contributed by atoms with Crippen LogP contribution in [0.5, 0.6) is 0 Å². The minimum absolute atomic E-state index is 0.0347. The minimum Gasteiger partial charge on any atom is -0.462 e. The molecule has 0 spiro atoms. The van der Waals surface area contributed by atoms with Gasteiger partial charge in [-0.2, -0.15) is 0 Å². The number of rotatable bonds is 51. The van der Waals surface area contributed by atoms with Gasteiger partial charge < -0.3 is 18.9 Å². The molecule has 9 nitrogen and oxygen atoms in total. The standard InChI is InChI=1S/C54H106NO8P/c1-6-8-10-12-14-16-18-20-22-24-25-26-27-28-29-31-33-35-37-39-41-43-45-47-54(57)63-52(51-62-64(58,59)61-49-48-55(3,4)5)50-60-53(56)46-44-42-40-38-36-34-32-30-23-21-19-17-15-13-11-9-7-2/h21,23,52H,6-20,22,24-51H2,1-5H3/p+1/b23-21+/t52-/m1/s1. The number of esters is 2. The normalized spacial score (nSPS) is 13.4. The number of hydrogen-bond acceptors (Lipinski definition) is 7. The fourth-order valence-corrected chi connectivity index (χ4v) is 8.75. The molecular weight excluding hydrogens is 822 g/mol. The van der Waals surface area contributed by atoms with Crippen LogP contribution in [-0.2, 0) is 32.7 Å². The molecule has 0 aliphatic heterocycles. The van der Waals surface area contributed by atoms with E-state index in [0.717, 1.165) is 32.1 Å². The van der Waals surface area contributed by atoms with E-state index in [1.807, 2.05) is 21.1 Å². The van der Waals surface area contributed by atoms with E-state index in [1.165, 1.54) is 205 Å². The lowest BCUT2D eigenvalue weighted by Crippen LogP contribution is -2.37. The second-order valence-electron chi connectivity index (χ2n) is 20.0. The van der Waals surface area contributed by atoms with E-state index in [-0.39, 0.29) is 32.0 Å². The van der Waals surface area contributed by atoms with Gasteiger partial charge in [0.1, 0.15) is 19.8 Å². The van der Waals surface area contributed by atoms with Gasteiger partial charge in [0, 0.05) is 12.8 Å². The zero-order chi connectivity index (χ0) is 47.1. The van der Waals surface area contributed by atoms with Crippen LogP contribution in [0.1, 0.15) is 271 Å². The van der Waals surface area contributed by atoms with Gasteiger partial charge in [-0.1, -0.05) is 231 Å². The molecule has 0 aliphatic rings. The van der Waals surface area contributed by atoms with E-state index in [9.17, 15) is 19.0 Å². The van der Waals surface area contributed by atoms with E-state index < -0.39 is 26.5 Å². The van der Waals surface area contributed by atoms with Crippen molar-refractivity contribution in [1.82, 2.24) is 0 Å². The Balaban J connectivity index is 4.16. The molecule has 0 amide bonds. The van der Waals surface area contributed by atoms with E-state index in [1.54, 1.807) is 0 Å². The average molecular weight is 929 g/mol. The molecule has 10 heteroatoms. The molecule has 1 N–H and O–H groups in total. The summed E-state index contributed by atoms with van der Waals surface area (Å²) in [7, 11) is 1.49. The van der Waals surface area contributed by atoms with Gasteiger partial charge in [0.25, 0.3) is 0 Å².